The molecule has 2 N–H and O–H groups in total. The van der Waals surface area contributed by atoms with Gasteiger partial charge in [0.1, 0.15) is 18.1 Å². The van der Waals surface area contributed by atoms with Crippen LogP contribution in [0.3, 0.4) is 0 Å². The van der Waals surface area contributed by atoms with Crippen LogP contribution in [0, 0.1) is 5.82 Å². The van der Waals surface area contributed by atoms with E-state index in [0.717, 1.165) is 36.9 Å². The van der Waals surface area contributed by atoms with Crippen LogP contribution in [0.2, 0.25) is 0 Å². The largest absolute Gasteiger partial charge is 0.474 e. The van der Waals surface area contributed by atoms with Gasteiger partial charge in [-0.2, -0.15) is 0 Å². The highest BCUT2D eigenvalue weighted by Gasteiger charge is 2.47. The number of hydrogen-bond donors (Lipinski definition) is 2. The Hall–Kier alpha value is -3.32. The molecule has 1 saturated carbocycles. The summed E-state index contributed by atoms with van der Waals surface area (Å²) in [5.41, 5.74) is 2.58. The number of carbonyl (C=O) groups is 2. The third-order valence-electron chi connectivity index (χ3n) is 9.83. The van der Waals surface area contributed by atoms with E-state index in [1.165, 1.54) is 17.0 Å². The predicted octanol–water partition coefficient (Wildman–Crippen LogP) is 2.73. The normalized spacial score (nSPS) is 25.3. The lowest BCUT2D eigenvalue weighted by atomic mass is 9.75. The summed E-state index contributed by atoms with van der Waals surface area (Å²) < 4.78 is 25.3. The van der Waals surface area contributed by atoms with Gasteiger partial charge in [-0.05, 0) is 68.9 Å². The van der Waals surface area contributed by atoms with Gasteiger partial charge in [-0.15, -0.1) is 0 Å². The standard InChI is InChI=1S/C32H42FN5O6/c1-21-14-35(26(16-37(21)31(41)42)15-36-10-11-43-20-32(36)8-3-9-32)17-29(40)38-22(2)19-44-30-28(38)13-24(27(18-39)34-30)12-23-4-6-25(33)7-5-23/h4-7,13,21-22,26,39H,3,8-12,14-20H2,1-2H3,(H,41,42)/t21-,22?,26+/m1/s1. The number of rotatable bonds is 7. The van der Waals surface area contributed by atoms with E-state index in [2.05, 4.69) is 14.8 Å². The summed E-state index contributed by atoms with van der Waals surface area (Å²) in [6.45, 7) is 7.49. The van der Waals surface area contributed by atoms with Crippen LogP contribution in [0.5, 0.6) is 5.88 Å². The Kier molecular flexibility index (Phi) is 8.78. The van der Waals surface area contributed by atoms with Gasteiger partial charge in [0.05, 0.1) is 38.1 Å². The molecule has 2 aromatic rings. The maximum atomic E-state index is 14.2. The molecule has 2 amide bonds. The molecule has 12 heteroatoms. The van der Waals surface area contributed by atoms with Crippen LogP contribution >= 0.6 is 0 Å². The van der Waals surface area contributed by atoms with Gasteiger partial charge in [0.15, 0.2) is 0 Å². The molecule has 44 heavy (non-hydrogen) atoms. The van der Waals surface area contributed by atoms with Crippen molar-refractivity contribution < 1.29 is 33.7 Å². The molecule has 1 unspecified atom stereocenters. The summed E-state index contributed by atoms with van der Waals surface area (Å²) in [5, 5.41) is 20.0. The van der Waals surface area contributed by atoms with E-state index in [9.17, 15) is 24.2 Å². The average Bonchev–Trinajstić information content (AvgIpc) is 2.98. The molecule has 4 aliphatic rings. The highest BCUT2D eigenvalue weighted by Crippen LogP contribution is 2.40. The highest BCUT2D eigenvalue weighted by atomic mass is 19.1. The van der Waals surface area contributed by atoms with Gasteiger partial charge in [-0.3, -0.25) is 14.6 Å². The molecule has 238 valence electrons. The summed E-state index contributed by atoms with van der Waals surface area (Å²) in [5.74, 6) is -0.147. The number of piperazine rings is 1. The van der Waals surface area contributed by atoms with Crippen molar-refractivity contribution in [2.75, 3.05) is 57.4 Å². The lowest BCUT2D eigenvalue weighted by Crippen LogP contribution is -2.67. The molecule has 4 heterocycles. The van der Waals surface area contributed by atoms with Crippen LogP contribution in [0.4, 0.5) is 14.9 Å². The molecule has 3 aliphatic heterocycles. The number of morpholine rings is 1. The third kappa shape index (κ3) is 6.00. The SMILES string of the molecule is CC1COc2nc(CO)c(Cc3ccc(F)cc3)cc2N1C(=O)CN1C[C@@H](C)N(C(=O)O)C[C@@H]1CN1CCOCC12CCC2. The van der Waals surface area contributed by atoms with Crippen LogP contribution in [-0.2, 0) is 22.6 Å². The van der Waals surface area contributed by atoms with E-state index < -0.39 is 6.09 Å². The van der Waals surface area contributed by atoms with Crippen molar-refractivity contribution in [2.45, 2.75) is 69.8 Å². The first kappa shape index (κ1) is 30.7. The smallest absolute Gasteiger partial charge is 0.407 e. The molecule has 1 aromatic carbocycles. The Morgan fingerprint density at radius 3 is 2.59 bits per heavy atom. The van der Waals surface area contributed by atoms with E-state index in [0.29, 0.717) is 56.5 Å². The lowest BCUT2D eigenvalue weighted by molar-refractivity contribution is -0.127. The van der Waals surface area contributed by atoms with Crippen molar-refractivity contribution in [1.29, 1.82) is 0 Å². The lowest BCUT2D eigenvalue weighted by Gasteiger charge is -2.55. The minimum atomic E-state index is -0.941. The molecule has 1 aliphatic carbocycles. The number of nitrogens with zero attached hydrogens (tertiary/aromatic N) is 5. The van der Waals surface area contributed by atoms with Crippen LogP contribution in [-0.4, -0.2) is 118 Å². The zero-order chi connectivity index (χ0) is 31.0. The number of benzene rings is 1. The number of aliphatic hydroxyl groups excluding tert-OH is 1. The number of ether oxygens (including phenoxy) is 2. The number of amides is 2. The predicted molar refractivity (Wildman–Crippen MR) is 160 cm³/mol. The van der Waals surface area contributed by atoms with Gasteiger partial charge >= 0.3 is 6.09 Å². The summed E-state index contributed by atoms with van der Waals surface area (Å²) in [6.07, 6.45) is 2.77. The Morgan fingerprint density at radius 2 is 1.91 bits per heavy atom. The first-order valence-corrected chi connectivity index (χ1v) is 15.6. The second-order valence-corrected chi connectivity index (χ2v) is 12.7. The van der Waals surface area contributed by atoms with Crippen molar-refractivity contribution in [2.24, 2.45) is 0 Å². The first-order chi connectivity index (χ1) is 21.2. The minimum absolute atomic E-state index is 0.0136. The molecule has 1 spiro atoms. The summed E-state index contributed by atoms with van der Waals surface area (Å²) in [4.78, 5) is 38.7. The number of carbonyl (C=O) groups excluding carboxylic acids is 1. The molecule has 1 aromatic heterocycles. The second kappa shape index (κ2) is 12.6. The first-order valence-electron chi connectivity index (χ1n) is 15.6. The molecule has 6 rings (SSSR count). The van der Waals surface area contributed by atoms with Gasteiger partial charge < -0.3 is 29.5 Å². The topological polar surface area (TPSA) is 119 Å². The van der Waals surface area contributed by atoms with Gasteiger partial charge in [-0.1, -0.05) is 12.1 Å². The quantitative estimate of drug-likeness (QED) is 0.487. The van der Waals surface area contributed by atoms with Crippen molar-refractivity contribution in [3.63, 3.8) is 0 Å². The highest BCUT2D eigenvalue weighted by molar-refractivity contribution is 5.97. The van der Waals surface area contributed by atoms with Crippen LogP contribution in [0.1, 0.15) is 49.9 Å². The molecule has 2 saturated heterocycles. The number of aromatic nitrogens is 1. The van der Waals surface area contributed by atoms with Crippen LogP contribution < -0.4 is 9.64 Å². The number of fused-ring (bicyclic) bond motifs is 1. The molecular weight excluding hydrogens is 569 g/mol. The monoisotopic (exact) mass is 611 g/mol. The molecule has 11 nitrogen and oxygen atoms in total. The number of pyridine rings is 1. The fourth-order valence-electron chi connectivity index (χ4n) is 7.19. The Bertz CT molecular complexity index is 1370. The van der Waals surface area contributed by atoms with Gasteiger partial charge in [-0.25, -0.2) is 14.2 Å². The van der Waals surface area contributed by atoms with Crippen molar-refractivity contribution >= 4 is 17.7 Å². The molecule has 0 radical (unpaired) electrons. The van der Waals surface area contributed by atoms with Crippen LogP contribution in [0.15, 0.2) is 30.3 Å². The summed E-state index contributed by atoms with van der Waals surface area (Å²) >= 11 is 0. The van der Waals surface area contributed by atoms with Gasteiger partial charge in [0, 0.05) is 43.8 Å². The van der Waals surface area contributed by atoms with E-state index >= 15 is 0 Å². The molecular formula is C32H42FN5O6. The van der Waals surface area contributed by atoms with E-state index in [1.807, 2.05) is 19.9 Å². The van der Waals surface area contributed by atoms with Gasteiger partial charge in [0.25, 0.3) is 0 Å². The Morgan fingerprint density at radius 1 is 1.14 bits per heavy atom. The zero-order valence-electron chi connectivity index (χ0n) is 25.5. The van der Waals surface area contributed by atoms with Crippen molar-refractivity contribution in [3.8, 4) is 5.88 Å². The fourth-order valence-corrected chi connectivity index (χ4v) is 7.19. The Balaban J connectivity index is 1.26. The third-order valence-corrected chi connectivity index (χ3v) is 9.83. The fraction of sp³-hybridized carbons (Fsp3) is 0.594. The molecule has 0 bridgehead atoms. The summed E-state index contributed by atoms with van der Waals surface area (Å²) in [6, 6.07) is 7.35. The van der Waals surface area contributed by atoms with E-state index in [-0.39, 0.29) is 55.1 Å². The zero-order valence-corrected chi connectivity index (χ0v) is 25.5. The van der Waals surface area contributed by atoms with Crippen molar-refractivity contribution in [1.82, 2.24) is 19.7 Å². The maximum Gasteiger partial charge on any atom is 0.407 e. The van der Waals surface area contributed by atoms with E-state index in [1.54, 1.807) is 17.0 Å². The number of anilines is 1. The number of carboxylic acid groups (broad SMARTS) is 1. The minimum Gasteiger partial charge on any atom is -0.474 e. The average molecular weight is 612 g/mol. The van der Waals surface area contributed by atoms with Crippen molar-refractivity contribution in [3.05, 3.63) is 53.0 Å². The number of aliphatic hydroxyl groups is 1. The number of halogens is 1. The molecule has 3 atom stereocenters. The maximum absolute atomic E-state index is 14.2. The Labute approximate surface area is 257 Å². The second-order valence-electron chi connectivity index (χ2n) is 12.7. The summed E-state index contributed by atoms with van der Waals surface area (Å²) in [7, 11) is 0. The van der Waals surface area contributed by atoms with Crippen LogP contribution in [0.25, 0.3) is 0 Å². The van der Waals surface area contributed by atoms with Gasteiger partial charge in [0.2, 0.25) is 11.8 Å². The van der Waals surface area contributed by atoms with E-state index in [4.69, 9.17) is 9.47 Å². The molecule has 3 fully saturated rings. The number of hydrogen-bond acceptors (Lipinski definition) is 8.